The van der Waals surface area contributed by atoms with E-state index in [1.807, 2.05) is 4.90 Å². The summed E-state index contributed by atoms with van der Waals surface area (Å²) in [6.45, 7) is 8.39. The highest BCUT2D eigenvalue weighted by Crippen LogP contribution is 2.10. The summed E-state index contributed by atoms with van der Waals surface area (Å²) in [6, 6.07) is 0. The molecule has 2 N–H and O–H groups in total. The second-order valence-electron chi connectivity index (χ2n) is 6.14. The number of amides is 1. The van der Waals surface area contributed by atoms with E-state index in [4.69, 9.17) is 18.0 Å². The Morgan fingerprint density at radius 2 is 1.85 bits per heavy atom. The number of nitrogens with zero attached hydrogens (tertiary/aromatic N) is 2. The predicted octanol–water partition coefficient (Wildman–Crippen LogP) is 2.02. The van der Waals surface area contributed by atoms with Gasteiger partial charge in [-0.2, -0.15) is 0 Å². The van der Waals surface area contributed by atoms with E-state index in [0.717, 1.165) is 39.0 Å². The zero-order valence-electron chi connectivity index (χ0n) is 12.9. The second kappa shape index (κ2) is 9.29. The standard InChI is InChI=1S/C15H29N3OS/c1-13(2)11-17(10-7-14(16)20)12-15(19)18-8-5-3-4-6-9-18/h13H,3-12H2,1-2H3,(H2,16,20). The summed E-state index contributed by atoms with van der Waals surface area (Å²) in [5, 5.41) is 0. The summed E-state index contributed by atoms with van der Waals surface area (Å²) in [5.41, 5.74) is 5.58. The number of likely N-dealkylation sites (tertiary alicyclic amines) is 1. The quantitative estimate of drug-likeness (QED) is 0.731. The molecule has 4 nitrogen and oxygen atoms in total. The average molecular weight is 299 g/mol. The highest BCUT2D eigenvalue weighted by molar-refractivity contribution is 7.80. The minimum atomic E-state index is 0.260. The van der Waals surface area contributed by atoms with Crippen molar-refractivity contribution in [2.75, 3.05) is 32.7 Å². The monoisotopic (exact) mass is 299 g/mol. The molecule has 0 atom stereocenters. The largest absolute Gasteiger partial charge is 0.393 e. The lowest BCUT2D eigenvalue weighted by Gasteiger charge is -2.27. The van der Waals surface area contributed by atoms with Crippen molar-refractivity contribution in [1.29, 1.82) is 0 Å². The van der Waals surface area contributed by atoms with Gasteiger partial charge in [0.2, 0.25) is 5.91 Å². The van der Waals surface area contributed by atoms with E-state index in [2.05, 4.69) is 18.7 Å². The molecule has 20 heavy (non-hydrogen) atoms. The maximum absolute atomic E-state index is 12.4. The molecule has 1 rings (SSSR count). The first-order valence-corrected chi connectivity index (χ1v) is 8.18. The molecule has 0 spiro atoms. The van der Waals surface area contributed by atoms with Crippen molar-refractivity contribution >= 4 is 23.1 Å². The Morgan fingerprint density at radius 3 is 2.35 bits per heavy atom. The highest BCUT2D eigenvalue weighted by atomic mass is 32.1. The fraction of sp³-hybridized carbons (Fsp3) is 0.867. The van der Waals surface area contributed by atoms with Gasteiger partial charge in [0.15, 0.2) is 0 Å². The normalized spacial score (nSPS) is 16.5. The second-order valence-corrected chi connectivity index (χ2v) is 6.66. The lowest BCUT2D eigenvalue weighted by Crippen LogP contribution is -2.42. The van der Waals surface area contributed by atoms with Crippen LogP contribution in [-0.2, 0) is 4.79 Å². The Morgan fingerprint density at radius 1 is 1.25 bits per heavy atom. The van der Waals surface area contributed by atoms with Crippen LogP contribution in [0.4, 0.5) is 0 Å². The zero-order chi connectivity index (χ0) is 15.0. The van der Waals surface area contributed by atoms with Gasteiger partial charge >= 0.3 is 0 Å². The third kappa shape index (κ3) is 7.20. The molecule has 1 heterocycles. The number of carbonyl (C=O) groups excluding carboxylic acids is 1. The topological polar surface area (TPSA) is 49.6 Å². The van der Waals surface area contributed by atoms with Gasteiger partial charge in [-0.15, -0.1) is 0 Å². The molecule has 0 aliphatic carbocycles. The molecular formula is C15H29N3OS. The van der Waals surface area contributed by atoms with Gasteiger partial charge in [0, 0.05) is 32.6 Å². The molecule has 0 bridgehead atoms. The van der Waals surface area contributed by atoms with Crippen molar-refractivity contribution in [3.8, 4) is 0 Å². The summed E-state index contributed by atoms with van der Waals surface area (Å²) in [7, 11) is 0. The first-order chi connectivity index (χ1) is 9.49. The summed E-state index contributed by atoms with van der Waals surface area (Å²) in [5.74, 6) is 0.800. The van der Waals surface area contributed by atoms with E-state index < -0.39 is 0 Å². The van der Waals surface area contributed by atoms with Crippen molar-refractivity contribution in [2.24, 2.45) is 11.7 Å². The van der Waals surface area contributed by atoms with Crippen LogP contribution in [0.15, 0.2) is 0 Å². The van der Waals surface area contributed by atoms with Gasteiger partial charge in [0.25, 0.3) is 0 Å². The van der Waals surface area contributed by atoms with Gasteiger partial charge in [-0.1, -0.05) is 38.9 Å². The zero-order valence-corrected chi connectivity index (χ0v) is 13.8. The van der Waals surface area contributed by atoms with Gasteiger partial charge in [-0.3, -0.25) is 9.69 Å². The minimum Gasteiger partial charge on any atom is -0.393 e. The van der Waals surface area contributed by atoms with Gasteiger partial charge in [0.05, 0.1) is 11.5 Å². The molecule has 0 saturated carbocycles. The van der Waals surface area contributed by atoms with Crippen LogP contribution < -0.4 is 5.73 Å². The number of rotatable bonds is 7. The molecule has 1 fully saturated rings. The van der Waals surface area contributed by atoms with E-state index in [0.29, 0.717) is 23.9 Å². The van der Waals surface area contributed by atoms with Gasteiger partial charge in [-0.05, 0) is 18.8 Å². The molecule has 0 radical (unpaired) electrons. The van der Waals surface area contributed by atoms with Crippen LogP contribution >= 0.6 is 12.2 Å². The number of hydrogen-bond donors (Lipinski definition) is 1. The van der Waals surface area contributed by atoms with E-state index in [1.54, 1.807) is 0 Å². The Labute approximate surface area is 128 Å². The predicted molar refractivity (Wildman–Crippen MR) is 87.7 cm³/mol. The summed E-state index contributed by atoms with van der Waals surface area (Å²) in [4.78, 5) is 17.2. The lowest BCUT2D eigenvalue weighted by atomic mass is 10.2. The molecule has 1 aliphatic heterocycles. The van der Waals surface area contributed by atoms with E-state index in [1.165, 1.54) is 12.8 Å². The number of hydrogen-bond acceptors (Lipinski definition) is 3. The molecule has 1 saturated heterocycles. The fourth-order valence-electron chi connectivity index (χ4n) is 2.63. The van der Waals surface area contributed by atoms with Crippen molar-refractivity contribution in [3.05, 3.63) is 0 Å². The average Bonchev–Trinajstić information content (AvgIpc) is 2.64. The number of thiocarbonyl (C=S) groups is 1. The fourth-order valence-corrected chi connectivity index (χ4v) is 2.72. The van der Waals surface area contributed by atoms with Gasteiger partial charge in [0.1, 0.15) is 0 Å². The van der Waals surface area contributed by atoms with Crippen molar-refractivity contribution in [3.63, 3.8) is 0 Å². The van der Waals surface area contributed by atoms with Crippen molar-refractivity contribution < 1.29 is 4.79 Å². The van der Waals surface area contributed by atoms with Crippen LogP contribution in [0.3, 0.4) is 0 Å². The van der Waals surface area contributed by atoms with Crippen LogP contribution in [0.5, 0.6) is 0 Å². The first-order valence-electron chi connectivity index (χ1n) is 7.77. The van der Waals surface area contributed by atoms with E-state index in [-0.39, 0.29) is 5.91 Å². The summed E-state index contributed by atoms with van der Waals surface area (Å²) in [6.07, 6.45) is 5.48. The Bertz CT molecular complexity index is 312. The number of carbonyl (C=O) groups is 1. The molecule has 1 aliphatic rings. The first kappa shape index (κ1) is 17.4. The Hall–Kier alpha value is -0.680. The molecule has 0 unspecified atom stereocenters. The van der Waals surface area contributed by atoms with E-state index >= 15 is 0 Å². The third-order valence-electron chi connectivity index (χ3n) is 3.62. The molecule has 1 amide bonds. The summed E-state index contributed by atoms with van der Waals surface area (Å²) < 4.78 is 0. The van der Waals surface area contributed by atoms with Crippen molar-refractivity contribution in [1.82, 2.24) is 9.80 Å². The van der Waals surface area contributed by atoms with E-state index in [9.17, 15) is 4.79 Å². The Kier molecular flexibility index (Phi) is 8.07. The van der Waals surface area contributed by atoms with Crippen molar-refractivity contribution in [2.45, 2.75) is 46.0 Å². The van der Waals surface area contributed by atoms with Crippen LogP contribution in [0.1, 0.15) is 46.0 Å². The maximum Gasteiger partial charge on any atom is 0.236 e. The molecule has 0 aromatic heterocycles. The Balaban J connectivity index is 2.48. The van der Waals surface area contributed by atoms with Gasteiger partial charge in [-0.25, -0.2) is 0 Å². The third-order valence-corrected chi connectivity index (χ3v) is 3.82. The van der Waals surface area contributed by atoms with Gasteiger partial charge < -0.3 is 10.6 Å². The summed E-state index contributed by atoms with van der Waals surface area (Å²) >= 11 is 4.94. The molecular weight excluding hydrogens is 270 g/mol. The van der Waals surface area contributed by atoms with Crippen LogP contribution in [-0.4, -0.2) is 53.4 Å². The molecule has 0 aromatic carbocycles. The lowest BCUT2D eigenvalue weighted by molar-refractivity contribution is -0.132. The smallest absolute Gasteiger partial charge is 0.236 e. The molecule has 116 valence electrons. The SMILES string of the molecule is CC(C)CN(CCC(N)=S)CC(=O)N1CCCCCC1. The van der Waals surface area contributed by atoms with Crippen LogP contribution in [0, 0.1) is 5.92 Å². The van der Waals surface area contributed by atoms with Crippen LogP contribution in [0.2, 0.25) is 0 Å². The number of nitrogens with two attached hydrogens (primary N) is 1. The van der Waals surface area contributed by atoms with Crippen LogP contribution in [0.25, 0.3) is 0 Å². The molecule has 0 aromatic rings. The maximum atomic E-state index is 12.4. The highest BCUT2D eigenvalue weighted by Gasteiger charge is 2.19. The molecule has 5 heteroatoms. The minimum absolute atomic E-state index is 0.260.